The lowest BCUT2D eigenvalue weighted by atomic mass is 9.78. The Hall–Kier alpha value is -3.17. The number of benzene rings is 2. The summed E-state index contributed by atoms with van der Waals surface area (Å²) in [5.74, 6) is 0.347. The third-order valence-electron chi connectivity index (χ3n) is 6.60. The summed E-state index contributed by atoms with van der Waals surface area (Å²) in [6.45, 7) is 2.47. The van der Waals surface area contributed by atoms with Gasteiger partial charge < -0.3 is 15.0 Å². The van der Waals surface area contributed by atoms with Gasteiger partial charge in [-0.2, -0.15) is 5.26 Å². The Kier molecular flexibility index (Phi) is 6.87. The van der Waals surface area contributed by atoms with E-state index in [4.69, 9.17) is 10.00 Å². The van der Waals surface area contributed by atoms with Crippen LogP contribution in [0.15, 0.2) is 54.6 Å². The number of nitriles is 1. The van der Waals surface area contributed by atoms with E-state index >= 15 is 0 Å². The van der Waals surface area contributed by atoms with Gasteiger partial charge >= 0.3 is 0 Å². The number of hydrogen-bond acceptors (Lipinski definition) is 4. The Morgan fingerprint density at radius 1 is 1.12 bits per heavy atom. The van der Waals surface area contributed by atoms with Gasteiger partial charge in [-0.1, -0.05) is 36.4 Å². The van der Waals surface area contributed by atoms with Gasteiger partial charge in [0, 0.05) is 38.2 Å². The maximum absolute atomic E-state index is 12.9. The van der Waals surface area contributed by atoms with Gasteiger partial charge in [-0.15, -0.1) is 0 Å². The largest absolute Gasteiger partial charge is 0.375 e. The molecule has 2 aromatic carbocycles. The van der Waals surface area contributed by atoms with Crippen LogP contribution < -0.4 is 5.32 Å². The summed E-state index contributed by atoms with van der Waals surface area (Å²) in [6, 6.07) is 18.9. The highest BCUT2D eigenvalue weighted by Crippen LogP contribution is 2.39. The molecular weight excluding hydrogens is 402 g/mol. The fraction of sp³-hybridized carbons (Fsp3) is 0.423. The zero-order chi connectivity index (χ0) is 22.4. The lowest BCUT2D eigenvalue weighted by molar-refractivity contribution is -0.134. The molecule has 1 spiro atoms. The molecule has 1 unspecified atom stereocenters. The summed E-state index contributed by atoms with van der Waals surface area (Å²) in [7, 11) is 0. The molecule has 2 amide bonds. The predicted octanol–water partition coefficient (Wildman–Crippen LogP) is 3.67. The highest BCUT2D eigenvalue weighted by atomic mass is 16.5. The molecule has 32 heavy (non-hydrogen) atoms. The van der Waals surface area contributed by atoms with Crippen molar-refractivity contribution >= 4 is 11.8 Å². The molecule has 6 nitrogen and oxygen atoms in total. The van der Waals surface area contributed by atoms with Crippen LogP contribution in [-0.2, 0) is 16.1 Å². The molecule has 1 N–H and O–H groups in total. The molecule has 6 heteroatoms. The average Bonchev–Trinajstić information content (AvgIpc) is 2.83. The van der Waals surface area contributed by atoms with Crippen molar-refractivity contribution in [3.05, 3.63) is 71.3 Å². The maximum atomic E-state index is 12.9. The first-order valence-corrected chi connectivity index (χ1v) is 11.3. The van der Waals surface area contributed by atoms with Gasteiger partial charge in [0.25, 0.3) is 5.91 Å². The first kappa shape index (κ1) is 22.0. The summed E-state index contributed by atoms with van der Waals surface area (Å²) in [6.07, 6.45) is 3.82. The number of piperidine rings is 1. The van der Waals surface area contributed by atoms with E-state index in [9.17, 15) is 9.59 Å². The number of rotatable bonds is 5. The molecule has 166 valence electrons. The highest BCUT2D eigenvalue weighted by Gasteiger charge is 2.41. The zero-order valence-electron chi connectivity index (χ0n) is 18.3. The van der Waals surface area contributed by atoms with Gasteiger partial charge in [-0.25, -0.2) is 0 Å². The smallest absolute Gasteiger partial charge is 0.253 e. The quantitative estimate of drug-likeness (QED) is 0.783. The Bertz CT molecular complexity index is 991. The number of nitrogens with one attached hydrogen (secondary N) is 1. The molecule has 2 aliphatic rings. The van der Waals surface area contributed by atoms with Crippen molar-refractivity contribution in [1.82, 2.24) is 10.2 Å². The minimum absolute atomic E-state index is 0.0374. The molecule has 0 aromatic heterocycles. The third-order valence-corrected chi connectivity index (χ3v) is 6.60. The van der Waals surface area contributed by atoms with Gasteiger partial charge in [0.15, 0.2) is 0 Å². The van der Waals surface area contributed by atoms with E-state index < -0.39 is 0 Å². The summed E-state index contributed by atoms with van der Waals surface area (Å²) in [4.78, 5) is 27.2. The van der Waals surface area contributed by atoms with Crippen molar-refractivity contribution in [3.63, 3.8) is 0 Å². The highest BCUT2D eigenvalue weighted by molar-refractivity contribution is 5.94. The van der Waals surface area contributed by atoms with E-state index in [1.165, 1.54) is 0 Å². The number of nitrogens with zero attached hydrogens (tertiary/aromatic N) is 2. The second-order valence-electron chi connectivity index (χ2n) is 8.84. The van der Waals surface area contributed by atoms with Gasteiger partial charge in [-0.3, -0.25) is 9.59 Å². The van der Waals surface area contributed by atoms with Gasteiger partial charge in [0.05, 0.1) is 17.2 Å². The molecule has 2 heterocycles. The molecule has 0 aliphatic carbocycles. The normalized spacial score (nSPS) is 19.8. The Labute approximate surface area is 189 Å². The molecule has 2 aromatic rings. The minimum Gasteiger partial charge on any atom is -0.375 e. The van der Waals surface area contributed by atoms with Crippen molar-refractivity contribution in [2.75, 3.05) is 19.7 Å². The van der Waals surface area contributed by atoms with Gasteiger partial charge in [0.2, 0.25) is 5.91 Å². The van der Waals surface area contributed by atoms with Crippen LogP contribution in [-0.4, -0.2) is 42.0 Å². The number of amides is 2. The van der Waals surface area contributed by atoms with E-state index in [-0.39, 0.29) is 17.4 Å². The fourth-order valence-electron chi connectivity index (χ4n) is 4.80. The molecule has 2 fully saturated rings. The van der Waals surface area contributed by atoms with Gasteiger partial charge in [0.1, 0.15) is 0 Å². The minimum atomic E-state index is -0.242. The van der Waals surface area contributed by atoms with Crippen LogP contribution in [0.4, 0.5) is 0 Å². The van der Waals surface area contributed by atoms with Crippen molar-refractivity contribution < 1.29 is 14.3 Å². The first-order chi connectivity index (χ1) is 15.6. The Balaban J connectivity index is 1.28. The summed E-state index contributed by atoms with van der Waals surface area (Å²) in [5, 5.41) is 12.1. The molecule has 2 saturated heterocycles. The number of carbonyl (C=O) groups is 2. The van der Waals surface area contributed by atoms with E-state index in [0.717, 1.165) is 31.2 Å². The van der Waals surface area contributed by atoms with Crippen LogP contribution in [0.25, 0.3) is 0 Å². The first-order valence-electron chi connectivity index (χ1n) is 11.3. The number of likely N-dealkylation sites (tertiary alicyclic amines) is 1. The van der Waals surface area contributed by atoms with Crippen LogP contribution in [0.5, 0.6) is 0 Å². The monoisotopic (exact) mass is 431 g/mol. The molecule has 0 saturated carbocycles. The topological polar surface area (TPSA) is 82.4 Å². The van der Waals surface area contributed by atoms with E-state index in [0.29, 0.717) is 49.7 Å². The average molecular weight is 432 g/mol. The van der Waals surface area contributed by atoms with Crippen molar-refractivity contribution in [2.24, 2.45) is 5.92 Å². The van der Waals surface area contributed by atoms with Crippen molar-refractivity contribution in [3.8, 4) is 6.07 Å². The molecule has 4 rings (SSSR count). The van der Waals surface area contributed by atoms with Crippen molar-refractivity contribution in [1.29, 1.82) is 5.26 Å². The second kappa shape index (κ2) is 9.97. The Morgan fingerprint density at radius 3 is 2.66 bits per heavy atom. The number of ether oxygens (including phenoxy) is 1. The second-order valence-corrected chi connectivity index (χ2v) is 8.84. The fourth-order valence-corrected chi connectivity index (χ4v) is 4.80. The van der Waals surface area contributed by atoms with E-state index in [2.05, 4.69) is 11.4 Å². The predicted molar refractivity (Wildman–Crippen MR) is 121 cm³/mol. The van der Waals surface area contributed by atoms with Crippen LogP contribution >= 0.6 is 0 Å². The van der Waals surface area contributed by atoms with E-state index in [1.54, 1.807) is 24.3 Å². The molecule has 2 aliphatic heterocycles. The van der Waals surface area contributed by atoms with Crippen LogP contribution in [0.3, 0.4) is 0 Å². The van der Waals surface area contributed by atoms with Crippen LogP contribution in [0.2, 0.25) is 0 Å². The lowest BCUT2D eigenvalue weighted by Gasteiger charge is -2.46. The molecular formula is C26H29N3O3. The standard InChI is InChI=1S/C26H29N3O3/c27-18-22-7-4-8-23(15-22)25(31)29-12-10-26(11-13-29)17-21(9-14-32-26)16-24(30)28-19-20-5-2-1-3-6-20/h1-8,15,21H,9-14,16-17,19H2,(H,28,30). The SMILES string of the molecule is N#Cc1cccc(C(=O)N2CCC3(CC2)CC(CC(=O)NCc2ccccc2)CCO3)c1. The summed E-state index contributed by atoms with van der Waals surface area (Å²) in [5.41, 5.74) is 1.90. The summed E-state index contributed by atoms with van der Waals surface area (Å²) < 4.78 is 6.21. The number of hydrogen-bond donors (Lipinski definition) is 1. The molecule has 0 radical (unpaired) electrons. The van der Waals surface area contributed by atoms with Gasteiger partial charge in [-0.05, 0) is 55.4 Å². The summed E-state index contributed by atoms with van der Waals surface area (Å²) >= 11 is 0. The van der Waals surface area contributed by atoms with E-state index in [1.807, 2.05) is 35.2 Å². The van der Waals surface area contributed by atoms with Crippen LogP contribution in [0, 0.1) is 17.2 Å². The molecule has 1 atom stereocenters. The Morgan fingerprint density at radius 2 is 1.91 bits per heavy atom. The third kappa shape index (κ3) is 5.35. The number of carbonyl (C=O) groups excluding carboxylic acids is 2. The van der Waals surface area contributed by atoms with Crippen molar-refractivity contribution in [2.45, 2.75) is 44.2 Å². The maximum Gasteiger partial charge on any atom is 0.253 e. The zero-order valence-corrected chi connectivity index (χ0v) is 18.3. The van der Waals surface area contributed by atoms with Crippen LogP contribution in [0.1, 0.15) is 53.6 Å². The lowest BCUT2D eigenvalue weighted by Crippen LogP contribution is -2.51. The molecule has 0 bridgehead atoms.